The summed E-state index contributed by atoms with van der Waals surface area (Å²) in [6.07, 6.45) is 3.69. The molecule has 2 rings (SSSR count). The summed E-state index contributed by atoms with van der Waals surface area (Å²) in [5.41, 5.74) is 0.519. The maximum absolute atomic E-state index is 13.4. The number of ether oxygens (including phenoxy) is 1. The van der Waals surface area contributed by atoms with E-state index < -0.39 is 11.8 Å². The number of esters is 1. The van der Waals surface area contributed by atoms with Crippen LogP contribution in [0.2, 0.25) is 0 Å². The topological polar surface area (TPSA) is 63.2 Å². The Bertz CT molecular complexity index is 482. The lowest BCUT2D eigenvalue weighted by Gasteiger charge is -2.11. The van der Waals surface area contributed by atoms with Crippen LogP contribution in [-0.2, 0) is 9.53 Å². The highest BCUT2D eigenvalue weighted by Gasteiger charge is 2.14. The molecule has 5 nitrogen and oxygen atoms in total. The van der Waals surface area contributed by atoms with Gasteiger partial charge in [0.25, 0.3) is 0 Å². The van der Waals surface area contributed by atoms with Crippen molar-refractivity contribution in [2.75, 3.05) is 25.0 Å². The number of nitrogens with zero attached hydrogens (tertiary/aromatic N) is 1. The Hall–Kier alpha value is -1.95. The molecule has 1 fully saturated rings. The zero-order valence-corrected chi connectivity index (χ0v) is 11.4. The Balaban J connectivity index is 1.96. The lowest BCUT2D eigenvalue weighted by atomic mass is 10.2. The van der Waals surface area contributed by atoms with Crippen molar-refractivity contribution in [1.29, 1.82) is 0 Å². The van der Waals surface area contributed by atoms with E-state index in [4.69, 9.17) is 0 Å². The molecule has 1 saturated heterocycles. The Morgan fingerprint density at radius 2 is 2.50 bits per heavy atom. The Kier molecular flexibility index (Phi) is 5.06. The van der Waals surface area contributed by atoms with Crippen LogP contribution in [0, 0.1) is 0 Å². The molecule has 108 valence electrons. The zero-order valence-electron chi connectivity index (χ0n) is 11.4. The van der Waals surface area contributed by atoms with Crippen molar-refractivity contribution in [3.63, 3.8) is 0 Å². The third-order valence-corrected chi connectivity index (χ3v) is 2.96. The predicted octanol–water partition coefficient (Wildman–Crippen LogP) is 1.73. The standard InChI is InChI=1S/C14H18FN3O2/c1-2-20-14(19)12(15)7-10-3-4-13(17-8-10)18-11-5-6-16-9-11/h3-4,7-8,11,16H,2,5-6,9H2,1H3,(H,17,18)/b12-7-/t11-/m1/s1. The van der Waals surface area contributed by atoms with Crippen LogP contribution < -0.4 is 10.6 Å². The third kappa shape index (κ3) is 4.03. The molecule has 6 heteroatoms. The van der Waals surface area contributed by atoms with Gasteiger partial charge >= 0.3 is 5.97 Å². The molecule has 1 aromatic heterocycles. The minimum atomic E-state index is -0.952. The van der Waals surface area contributed by atoms with Gasteiger partial charge in [0.05, 0.1) is 6.61 Å². The van der Waals surface area contributed by atoms with E-state index >= 15 is 0 Å². The molecule has 2 N–H and O–H groups in total. The van der Waals surface area contributed by atoms with E-state index in [0.29, 0.717) is 11.6 Å². The number of carbonyl (C=O) groups is 1. The van der Waals surface area contributed by atoms with Crippen LogP contribution in [0.3, 0.4) is 0 Å². The average molecular weight is 279 g/mol. The highest BCUT2D eigenvalue weighted by atomic mass is 19.1. The van der Waals surface area contributed by atoms with Crippen molar-refractivity contribution in [3.05, 3.63) is 29.7 Å². The molecule has 0 bridgehead atoms. The van der Waals surface area contributed by atoms with Crippen LogP contribution in [0.5, 0.6) is 0 Å². The van der Waals surface area contributed by atoms with Gasteiger partial charge in [0.15, 0.2) is 0 Å². The van der Waals surface area contributed by atoms with Gasteiger partial charge < -0.3 is 15.4 Å². The second-order valence-corrected chi connectivity index (χ2v) is 4.52. The van der Waals surface area contributed by atoms with E-state index in [1.807, 2.05) is 0 Å². The monoisotopic (exact) mass is 279 g/mol. The van der Waals surface area contributed by atoms with Gasteiger partial charge in [-0.25, -0.2) is 9.78 Å². The molecule has 1 aromatic rings. The van der Waals surface area contributed by atoms with Gasteiger partial charge in [-0.15, -0.1) is 0 Å². The maximum Gasteiger partial charge on any atom is 0.367 e. The molecule has 0 aliphatic carbocycles. The van der Waals surface area contributed by atoms with E-state index in [9.17, 15) is 9.18 Å². The number of nitrogens with one attached hydrogen (secondary N) is 2. The summed E-state index contributed by atoms with van der Waals surface area (Å²) < 4.78 is 18.0. The molecule has 0 radical (unpaired) electrons. The number of halogens is 1. The smallest absolute Gasteiger partial charge is 0.367 e. The summed E-state index contributed by atoms with van der Waals surface area (Å²) in [6, 6.07) is 3.85. The molecule has 1 aliphatic rings. The summed E-state index contributed by atoms with van der Waals surface area (Å²) in [6.45, 7) is 3.70. The number of hydrogen-bond acceptors (Lipinski definition) is 5. The summed E-state index contributed by atoms with van der Waals surface area (Å²) in [7, 11) is 0. The van der Waals surface area contributed by atoms with Crippen LogP contribution >= 0.6 is 0 Å². The van der Waals surface area contributed by atoms with Crippen LogP contribution in [0.4, 0.5) is 10.2 Å². The fourth-order valence-corrected chi connectivity index (χ4v) is 1.97. The molecule has 0 saturated carbocycles. The zero-order chi connectivity index (χ0) is 14.4. The summed E-state index contributed by atoms with van der Waals surface area (Å²) in [4.78, 5) is 15.3. The fourth-order valence-electron chi connectivity index (χ4n) is 1.97. The third-order valence-electron chi connectivity index (χ3n) is 2.96. The molecule has 1 atom stereocenters. The average Bonchev–Trinajstić information content (AvgIpc) is 2.94. The molecule has 20 heavy (non-hydrogen) atoms. The van der Waals surface area contributed by atoms with Gasteiger partial charge in [-0.3, -0.25) is 0 Å². The Labute approximate surface area is 117 Å². The minimum Gasteiger partial charge on any atom is -0.461 e. The fraction of sp³-hybridized carbons (Fsp3) is 0.429. The number of rotatable bonds is 5. The second-order valence-electron chi connectivity index (χ2n) is 4.52. The first-order chi connectivity index (χ1) is 9.69. The van der Waals surface area contributed by atoms with E-state index in [1.54, 1.807) is 19.1 Å². The molecule has 0 amide bonds. The van der Waals surface area contributed by atoms with Crippen LogP contribution in [0.15, 0.2) is 24.2 Å². The lowest BCUT2D eigenvalue weighted by molar-refractivity contribution is -0.140. The van der Waals surface area contributed by atoms with E-state index in [0.717, 1.165) is 31.4 Å². The molecular formula is C14H18FN3O2. The lowest BCUT2D eigenvalue weighted by Crippen LogP contribution is -2.22. The number of hydrogen-bond donors (Lipinski definition) is 2. The van der Waals surface area contributed by atoms with Crippen LogP contribution in [0.1, 0.15) is 18.9 Å². The minimum absolute atomic E-state index is 0.149. The second kappa shape index (κ2) is 7.00. The predicted molar refractivity (Wildman–Crippen MR) is 74.9 cm³/mol. The highest BCUT2D eigenvalue weighted by Crippen LogP contribution is 2.13. The number of aromatic nitrogens is 1. The van der Waals surface area contributed by atoms with Gasteiger partial charge in [-0.05, 0) is 43.7 Å². The van der Waals surface area contributed by atoms with Crippen molar-refractivity contribution in [3.8, 4) is 0 Å². The SMILES string of the molecule is CCOC(=O)/C(F)=C/c1ccc(N[C@@H]2CCNC2)nc1. The van der Waals surface area contributed by atoms with Crippen molar-refractivity contribution in [2.45, 2.75) is 19.4 Å². The largest absolute Gasteiger partial charge is 0.461 e. The molecular weight excluding hydrogens is 261 g/mol. The Morgan fingerprint density at radius 1 is 1.65 bits per heavy atom. The van der Waals surface area contributed by atoms with Gasteiger partial charge in [0, 0.05) is 18.8 Å². The molecule has 1 aliphatic heterocycles. The van der Waals surface area contributed by atoms with Crippen LogP contribution in [-0.4, -0.2) is 36.7 Å². The first-order valence-electron chi connectivity index (χ1n) is 6.66. The Morgan fingerprint density at radius 3 is 3.10 bits per heavy atom. The van der Waals surface area contributed by atoms with Crippen molar-refractivity contribution in [1.82, 2.24) is 10.3 Å². The summed E-state index contributed by atoms with van der Waals surface area (Å²) >= 11 is 0. The van der Waals surface area contributed by atoms with Crippen molar-refractivity contribution < 1.29 is 13.9 Å². The van der Waals surface area contributed by atoms with Gasteiger partial charge in [0.2, 0.25) is 5.83 Å². The summed E-state index contributed by atoms with van der Waals surface area (Å²) in [5.74, 6) is -1.13. The molecule has 2 heterocycles. The maximum atomic E-state index is 13.4. The van der Waals surface area contributed by atoms with Gasteiger partial charge in [0.1, 0.15) is 5.82 Å². The first kappa shape index (κ1) is 14.5. The highest BCUT2D eigenvalue weighted by molar-refractivity contribution is 5.91. The van der Waals surface area contributed by atoms with Gasteiger partial charge in [-0.1, -0.05) is 0 Å². The van der Waals surface area contributed by atoms with Crippen LogP contribution in [0.25, 0.3) is 6.08 Å². The van der Waals surface area contributed by atoms with Crippen molar-refractivity contribution in [2.24, 2.45) is 0 Å². The normalized spacial score (nSPS) is 18.9. The quantitative estimate of drug-likeness (QED) is 0.635. The van der Waals surface area contributed by atoms with E-state index in [1.165, 1.54) is 6.20 Å². The van der Waals surface area contributed by atoms with E-state index in [2.05, 4.69) is 20.4 Å². The first-order valence-corrected chi connectivity index (χ1v) is 6.66. The number of carbonyl (C=O) groups excluding carboxylic acids is 1. The molecule has 0 spiro atoms. The molecule has 0 unspecified atom stereocenters. The summed E-state index contributed by atoms with van der Waals surface area (Å²) in [5, 5.41) is 6.54. The van der Waals surface area contributed by atoms with Gasteiger partial charge in [-0.2, -0.15) is 4.39 Å². The number of anilines is 1. The van der Waals surface area contributed by atoms with E-state index in [-0.39, 0.29) is 6.61 Å². The number of pyridine rings is 1. The van der Waals surface area contributed by atoms with Crippen molar-refractivity contribution >= 4 is 17.9 Å². The molecule has 0 aromatic carbocycles.